The van der Waals surface area contributed by atoms with E-state index < -0.39 is 0 Å². The first-order chi connectivity index (χ1) is 1.00. The van der Waals surface area contributed by atoms with Crippen LogP contribution in [0.3, 0.4) is 0 Å². The van der Waals surface area contributed by atoms with Crippen molar-refractivity contribution >= 4 is 62.4 Å². The summed E-state index contributed by atoms with van der Waals surface area (Å²) in [5.41, 5.74) is 0. The second-order valence-corrected chi connectivity index (χ2v) is 0. The van der Waals surface area contributed by atoms with Gasteiger partial charge < -0.3 is 20.4 Å². The van der Waals surface area contributed by atoms with Gasteiger partial charge in [0, 0.05) is 0 Å². The zero-order valence-corrected chi connectivity index (χ0v) is 8.20. The Hall–Kier alpha value is 1.92. The van der Waals surface area contributed by atoms with Gasteiger partial charge in [-0.05, 0) is 0 Å². The third-order valence-electron chi connectivity index (χ3n) is 0. The summed E-state index contributed by atoms with van der Waals surface area (Å²) < 4.78 is 0. The van der Waals surface area contributed by atoms with Crippen molar-refractivity contribution in [3.05, 3.63) is 6.92 Å². The Labute approximate surface area is 74.9 Å². The minimum atomic E-state index is 0. The summed E-state index contributed by atoms with van der Waals surface area (Å²) in [7, 11) is 0. The van der Waals surface area contributed by atoms with E-state index in [0.717, 1.165) is 0 Å². The zero-order chi connectivity index (χ0) is 2.00. The normalized spacial score (nSPS) is 1.50. The van der Waals surface area contributed by atoms with Crippen molar-refractivity contribution in [3.63, 3.8) is 0 Å². The quantitative estimate of drug-likeness (QED) is 0.232. The Morgan fingerprint density at radius 3 is 1.25 bits per heavy atom. The molecule has 0 aliphatic carbocycles. The van der Waals surface area contributed by atoms with Crippen LogP contribution in [0.15, 0.2) is 0 Å². The molecule has 0 saturated carbocycles. The summed E-state index contributed by atoms with van der Waals surface area (Å²) in [5, 5.41) is 0. The molecule has 0 radical (unpaired) electrons. The van der Waals surface area contributed by atoms with Gasteiger partial charge in [0.15, 0.2) is 0 Å². The molecule has 0 amide bonds. The van der Waals surface area contributed by atoms with Crippen LogP contribution in [-0.4, -0.2) is 48.9 Å². The smallest absolute Gasteiger partial charge is 0.813 e. The number of thiol groups is 1. The molecule has 0 fully saturated rings. The van der Waals surface area contributed by atoms with Crippen molar-refractivity contribution < 1.29 is 0 Å². The maximum absolute atomic E-state index is 3.25. The van der Waals surface area contributed by atoms with Gasteiger partial charge in [-0.25, -0.2) is 0 Å². The maximum atomic E-state index is 3.25. The van der Waals surface area contributed by atoms with Crippen molar-refractivity contribution in [3.8, 4) is 0 Å². The Morgan fingerprint density at radius 2 is 1.25 bits per heavy atom. The maximum Gasteiger partial charge on any atom is 2.00 e. The monoisotopic (exact) mass is 200 g/mol. The summed E-state index contributed by atoms with van der Waals surface area (Å²) in [6, 6.07) is 0. The van der Waals surface area contributed by atoms with Crippen LogP contribution >= 0.6 is 0 Å². The van der Waals surface area contributed by atoms with Crippen molar-refractivity contribution in [2.24, 2.45) is 0 Å². The fourth-order valence-corrected chi connectivity index (χ4v) is 0. The van der Waals surface area contributed by atoms with Gasteiger partial charge in [0.1, 0.15) is 0 Å². The second-order valence-electron chi connectivity index (χ2n) is 0. The first kappa shape index (κ1) is 16.8. The average Bonchev–Trinajstić information content (AvgIpc) is 1.00. The Kier molecular flexibility index (Phi) is 86.1. The Bertz CT molecular complexity index is 6.00. The summed E-state index contributed by atoms with van der Waals surface area (Å²) in [5.74, 6) is 0. The molecule has 0 saturated heterocycles. The van der Waals surface area contributed by atoms with E-state index in [1.165, 1.54) is 0 Å². The van der Waals surface area contributed by atoms with Crippen molar-refractivity contribution in [2.75, 3.05) is 0 Å². The molecule has 0 rings (SSSR count). The number of hydrogen-bond acceptors (Lipinski definition) is 1. The van der Waals surface area contributed by atoms with Gasteiger partial charge in [0.2, 0.25) is 0 Å². The number of hydrogen-bond donors (Lipinski definition) is 0. The van der Waals surface area contributed by atoms with Gasteiger partial charge in [0.25, 0.3) is 0 Å². The Balaban J connectivity index is -0.00000000500. The third-order valence-corrected chi connectivity index (χ3v) is 0. The standard InChI is InChI=1S/C2H5.Ba.H2S/c1-2;;/h1H2,2H3;;1H2/q-1;+2;/p-1. The fraction of sp³-hybridized carbons (Fsp3) is 0.500. The molecule has 0 aliphatic heterocycles. The number of rotatable bonds is 0. The van der Waals surface area contributed by atoms with Crippen LogP contribution in [0.4, 0.5) is 0 Å². The molecular weight excluding hydrogens is 193 g/mol. The van der Waals surface area contributed by atoms with E-state index in [1.807, 2.05) is 0 Å². The van der Waals surface area contributed by atoms with Gasteiger partial charge in [-0.15, -0.1) is 0 Å². The molecule has 0 bridgehead atoms. The van der Waals surface area contributed by atoms with Crippen LogP contribution in [0.1, 0.15) is 6.92 Å². The van der Waals surface area contributed by atoms with Crippen molar-refractivity contribution in [2.45, 2.75) is 6.92 Å². The van der Waals surface area contributed by atoms with Gasteiger partial charge in [-0.1, -0.05) is 0 Å². The summed E-state index contributed by atoms with van der Waals surface area (Å²) in [4.78, 5) is 0. The predicted molar refractivity (Wildman–Crippen MR) is 25.5 cm³/mol. The molecule has 0 aliphatic rings. The zero-order valence-electron chi connectivity index (χ0n) is 2.86. The van der Waals surface area contributed by atoms with E-state index in [9.17, 15) is 0 Å². The van der Waals surface area contributed by atoms with E-state index >= 15 is 0 Å². The van der Waals surface area contributed by atoms with Gasteiger partial charge in [-0.2, -0.15) is 6.92 Å². The largest absolute Gasteiger partial charge is 2.00 e. The minimum Gasteiger partial charge on any atom is -0.813 e. The van der Waals surface area contributed by atoms with Crippen LogP contribution in [0.25, 0.3) is 0 Å². The summed E-state index contributed by atoms with van der Waals surface area (Å²) in [6.45, 7) is 5.00. The van der Waals surface area contributed by atoms with E-state index in [0.29, 0.717) is 0 Å². The topological polar surface area (TPSA) is 0 Å². The van der Waals surface area contributed by atoms with E-state index in [4.69, 9.17) is 0 Å². The molecular formula is C2H6BaS. The van der Waals surface area contributed by atoms with Crippen molar-refractivity contribution in [1.82, 2.24) is 0 Å². The van der Waals surface area contributed by atoms with Gasteiger partial charge in [0.05, 0.1) is 0 Å². The minimum absolute atomic E-state index is 0. The van der Waals surface area contributed by atoms with E-state index in [1.54, 1.807) is 6.92 Å². The molecule has 0 nitrogen and oxygen atoms in total. The first-order valence-corrected chi connectivity index (χ1v) is 0.707. The van der Waals surface area contributed by atoms with Crippen LogP contribution < -0.4 is 0 Å². The third kappa shape index (κ3) is 9.07. The molecule has 0 aromatic heterocycles. The first-order valence-electron chi connectivity index (χ1n) is 0.707. The fourth-order valence-electron chi connectivity index (χ4n) is 0. The van der Waals surface area contributed by atoms with Crippen LogP contribution in [0.2, 0.25) is 0 Å². The van der Waals surface area contributed by atoms with Crippen LogP contribution in [-0.2, 0) is 13.5 Å². The molecule has 0 spiro atoms. The molecule has 22 valence electrons. The predicted octanol–water partition coefficient (Wildman–Crippen LogP) is 0.189. The average molecular weight is 199 g/mol. The molecule has 0 aromatic carbocycles. The van der Waals surface area contributed by atoms with Crippen molar-refractivity contribution in [1.29, 1.82) is 0 Å². The van der Waals surface area contributed by atoms with E-state index in [-0.39, 0.29) is 62.4 Å². The van der Waals surface area contributed by atoms with Gasteiger partial charge >= 0.3 is 48.9 Å². The molecule has 0 heterocycles. The molecule has 0 atom stereocenters. The van der Waals surface area contributed by atoms with E-state index in [2.05, 4.69) is 6.92 Å². The summed E-state index contributed by atoms with van der Waals surface area (Å²) in [6.07, 6.45) is 0. The summed E-state index contributed by atoms with van der Waals surface area (Å²) >= 11 is 0. The molecule has 4 heavy (non-hydrogen) atoms. The molecule has 0 N–H and O–H groups in total. The second kappa shape index (κ2) is 20.5. The Morgan fingerprint density at radius 1 is 1.25 bits per heavy atom. The SMILES string of the molecule is [Ba+2].[CH2-]C.[SH-]. The van der Waals surface area contributed by atoms with Crippen LogP contribution in [0.5, 0.6) is 0 Å². The molecule has 0 aromatic rings. The molecule has 0 unspecified atom stereocenters. The van der Waals surface area contributed by atoms with Crippen LogP contribution in [0, 0.1) is 6.92 Å². The van der Waals surface area contributed by atoms with Gasteiger partial charge in [-0.3, -0.25) is 0 Å². The molecule has 2 heteroatoms.